The zero-order chi connectivity index (χ0) is 11.8. The van der Waals surface area contributed by atoms with Crippen LogP contribution in [0.4, 0.5) is 0 Å². The summed E-state index contributed by atoms with van der Waals surface area (Å²) in [5.41, 5.74) is 5.42. The van der Waals surface area contributed by atoms with Crippen LogP contribution in [-0.4, -0.2) is 18.8 Å². The molecule has 94 valence electrons. The molecule has 0 rings (SSSR count). The van der Waals surface area contributed by atoms with Gasteiger partial charge in [0, 0.05) is 7.11 Å². The molecule has 0 heterocycles. The average molecular weight is 217 g/mol. The molecule has 0 amide bonds. The van der Waals surface area contributed by atoms with Crippen LogP contribution in [0.15, 0.2) is 0 Å². The molecule has 0 radical (unpaired) electrons. The van der Waals surface area contributed by atoms with Gasteiger partial charge < -0.3 is 10.8 Å². The van der Waals surface area contributed by atoms with E-state index in [1.165, 1.54) is 64.2 Å². The minimum atomic E-state index is 0.872. The highest BCUT2D eigenvalue weighted by Gasteiger charge is 1.90. The van der Waals surface area contributed by atoms with Gasteiger partial charge in [0.15, 0.2) is 0 Å². The molecule has 0 aromatic heterocycles. The summed E-state index contributed by atoms with van der Waals surface area (Å²) in [5, 5.41) is 7.00. The summed E-state index contributed by atoms with van der Waals surface area (Å²) in [6, 6.07) is 0. The summed E-state index contributed by atoms with van der Waals surface area (Å²) in [6.45, 7) is 3.14. The molecule has 15 heavy (non-hydrogen) atoms. The summed E-state index contributed by atoms with van der Waals surface area (Å²) >= 11 is 0. The van der Waals surface area contributed by atoms with E-state index in [1.54, 1.807) is 0 Å². The minimum Gasteiger partial charge on any atom is -0.400 e. The van der Waals surface area contributed by atoms with Crippen LogP contribution >= 0.6 is 0 Å². The van der Waals surface area contributed by atoms with Crippen molar-refractivity contribution < 1.29 is 5.11 Å². The maximum Gasteiger partial charge on any atom is 0.0319 e. The molecule has 0 spiro atoms. The molecule has 0 bridgehead atoms. The van der Waals surface area contributed by atoms with E-state index in [-0.39, 0.29) is 0 Å². The predicted molar refractivity (Wildman–Crippen MR) is 69.0 cm³/mol. The monoisotopic (exact) mass is 217 g/mol. The number of rotatable bonds is 10. The largest absolute Gasteiger partial charge is 0.400 e. The third-order valence-corrected chi connectivity index (χ3v) is 2.56. The number of nitrogens with two attached hydrogens (primary N) is 1. The quantitative estimate of drug-likeness (QED) is 0.550. The molecule has 2 heteroatoms. The van der Waals surface area contributed by atoms with Crippen molar-refractivity contribution in [2.75, 3.05) is 13.7 Å². The standard InChI is InChI=1S/C12H27N.CH4O/c1-2-3-4-5-6-7-8-9-10-11-12-13;1-2/h2-13H2,1H3;2H,1H3. The van der Waals surface area contributed by atoms with Crippen LogP contribution in [0.3, 0.4) is 0 Å². The Bertz CT molecular complexity index is 76.6. The molecule has 2 nitrogen and oxygen atoms in total. The van der Waals surface area contributed by atoms with Crippen molar-refractivity contribution in [3.63, 3.8) is 0 Å². The maximum atomic E-state index is 7.00. The van der Waals surface area contributed by atoms with Gasteiger partial charge in [0.2, 0.25) is 0 Å². The summed E-state index contributed by atoms with van der Waals surface area (Å²) in [6.07, 6.45) is 13.9. The van der Waals surface area contributed by atoms with E-state index >= 15 is 0 Å². The Morgan fingerprint density at radius 1 is 0.667 bits per heavy atom. The Balaban J connectivity index is 0. The van der Waals surface area contributed by atoms with Crippen molar-refractivity contribution in [2.45, 2.75) is 71.1 Å². The fourth-order valence-electron chi connectivity index (χ4n) is 1.63. The minimum absolute atomic E-state index is 0.872. The van der Waals surface area contributed by atoms with Gasteiger partial charge in [-0.05, 0) is 13.0 Å². The maximum absolute atomic E-state index is 7.00. The summed E-state index contributed by atoms with van der Waals surface area (Å²) in [7, 11) is 1.00. The number of aliphatic hydroxyl groups excluding tert-OH is 1. The molecule has 0 aliphatic carbocycles. The van der Waals surface area contributed by atoms with Crippen molar-refractivity contribution >= 4 is 0 Å². The second-order valence-corrected chi connectivity index (χ2v) is 3.97. The van der Waals surface area contributed by atoms with Gasteiger partial charge >= 0.3 is 0 Å². The molecule has 0 aromatic rings. The van der Waals surface area contributed by atoms with Crippen LogP contribution in [0.25, 0.3) is 0 Å². The van der Waals surface area contributed by atoms with Crippen LogP contribution in [-0.2, 0) is 0 Å². The smallest absolute Gasteiger partial charge is 0.0319 e. The molecular weight excluding hydrogens is 186 g/mol. The second-order valence-electron chi connectivity index (χ2n) is 3.97. The molecule has 0 atom stereocenters. The van der Waals surface area contributed by atoms with E-state index in [0.717, 1.165) is 13.7 Å². The molecule has 3 N–H and O–H groups in total. The highest BCUT2D eigenvalue weighted by Crippen LogP contribution is 2.09. The average Bonchev–Trinajstić information content (AvgIpc) is 2.30. The fourth-order valence-corrected chi connectivity index (χ4v) is 1.63. The number of unbranched alkanes of at least 4 members (excludes halogenated alkanes) is 9. The molecule has 0 aromatic carbocycles. The highest BCUT2D eigenvalue weighted by atomic mass is 16.2. The van der Waals surface area contributed by atoms with E-state index in [2.05, 4.69) is 6.92 Å². The third kappa shape index (κ3) is 20.1. The van der Waals surface area contributed by atoms with E-state index < -0.39 is 0 Å². The predicted octanol–water partition coefficient (Wildman–Crippen LogP) is 3.47. The lowest BCUT2D eigenvalue weighted by molar-refractivity contribution is 0.399. The highest BCUT2D eigenvalue weighted by molar-refractivity contribution is 4.47. The number of hydrogen-bond acceptors (Lipinski definition) is 2. The first-order chi connectivity index (χ1) is 7.41. The topological polar surface area (TPSA) is 46.2 Å². The fraction of sp³-hybridized carbons (Fsp3) is 1.00. The Kier molecular flexibility index (Phi) is 22.5. The molecule has 0 unspecified atom stereocenters. The zero-order valence-corrected chi connectivity index (χ0v) is 10.8. The van der Waals surface area contributed by atoms with Crippen LogP contribution in [0.1, 0.15) is 71.1 Å². The van der Waals surface area contributed by atoms with Gasteiger partial charge in [-0.25, -0.2) is 0 Å². The van der Waals surface area contributed by atoms with Crippen LogP contribution in [0.2, 0.25) is 0 Å². The lowest BCUT2D eigenvalue weighted by atomic mass is 10.1. The number of aliphatic hydroxyl groups is 1. The molecule has 0 saturated heterocycles. The van der Waals surface area contributed by atoms with Crippen molar-refractivity contribution in [3.05, 3.63) is 0 Å². The van der Waals surface area contributed by atoms with E-state index in [0.29, 0.717) is 0 Å². The molecule has 0 aliphatic rings. The lowest BCUT2D eigenvalue weighted by Crippen LogP contribution is -1.97. The normalized spacial score (nSPS) is 9.60. The van der Waals surface area contributed by atoms with Gasteiger partial charge in [0.05, 0.1) is 0 Å². The Labute approximate surface area is 96.3 Å². The Hall–Kier alpha value is -0.0800. The van der Waals surface area contributed by atoms with Gasteiger partial charge in [0.25, 0.3) is 0 Å². The first-order valence-electron chi connectivity index (χ1n) is 6.56. The summed E-state index contributed by atoms with van der Waals surface area (Å²) in [5.74, 6) is 0. The Morgan fingerprint density at radius 2 is 1.00 bits per heavy atom. The van der Waals surface area contributed by atoms with Gasteiger partial charge in [-0.15, -0.1) is 0 Å². The van der Waals surface area contributed by atoms with Gasteiger partial charge in [0.1, 0.15) is 0 Å². The SMILES string of the molecule is CCCCCCCCCCCCN.CO. The van der Waals surface area contributed by atoms with Gasteiger partial charge in [-0.2, -0.15) is 0 Å². The first-order valence-corrected chi connectivity index (χ1v) is 6.56. The number of hydrogen-bond donors (Lipinski definition) is 2. The van der Waals surface area contributed by atoms with E-state index in [1.807, 2.05) is 0 Å². The second kappa shape index (κ2) is 19.5. The van der Waals surface area contributed by atoms with E-state index in [9.17, 15) is 0 Å². The third-order valence-electron chi connectivity index (χ3n) is 2.56. The van der Waals surface area contributed by atoms with Crippen molar-refractivity contribution in [3.8, 4) is 0 Å². The molecule has 0 fully saturated rings. The first kappa shape index (κ1) is 17.3. The van der Waals surface area contributed by atoms with Gasteiger partial charge in [-0.1, -0.05) is 64.7 Å². The molecule has 0 saturated carbocycles. The van der Waals surface area contributed by atoms with Crippen LogP contribution in [0.5, 0.6) is 0 Å². The molecule has 0 aliphatic heterocycles. The van der Waals surface area contributed by atoms with Crippen LogP contribution in [0, 0.1) is 0 Å². The van der Waals surface area contributed by atoms with E-state index in [4.69, 9.17) is 10.8 Å². The summed E-state index contributed by atoms with van der Waals surface area (Å²) < 4.78 is 0. The van der Waals surface area contributed by atoms with Crippen molar-refractivity contribution in [1.29, 1.82) is 0 Å². The summed E-state index contributed by atoms with van der Waals surface area (Å²) in [4.78, 5) is 0. The van der Waals surface area contributed by atoms with Gasteiger partial charge in [-0.3, -0.25) is 0 Å². The Morgan fingerprint density at radius 3 is 1.33 bits per heavy atom. The van der Waals surface area contributed by atoms with Crippen molar-refractivity contribution in [1.82, 2.24) is 0 Å². The van der Waals surface area contributed by atoms with Crippen LogP contribution < -0.4 is 5.73 Å². The van der Waals surface area contributed by atoms with Crippen molar-refractivity contribution in [2.24, 2.45) is 5.73 Å². The zero-order valence-electron chi connectivity index (χ0n) is 10.8. The molecular formula is C13H31NO. The lowest BCUT2D eigenvalue weighted by Gasteiger charge is -2.00.